The van der Waals surface area contributed by atoms with Crippen LogP contribution < -0.4 is 27.4 Å². The SMILES string of the molecule is CCC(C)C(NC(=O)C(N)CCC(=O)O)C(=O)NC(C)C(=O)NC(CCC(N)=O)C(=O)O. The standard InChI is InChI=1S/C19H33N5O8/c1-4-9(2)15(24-17(29)11(20)5-8-14(26)27)18(30)22-10(3)16(28)23-12(19(31)32)6-7-13(21)25/h9-12,15H,4-8,20H2,1-3H3,(H2,21,25)(H,22,30)(H,23,28)(H,24,29)(H,26,27)(H,31,32). The van der Waals surface area contributed by atoms with E-state index < -0.39 is 59.7 Å². The Morgan fingerprint density at radius 2 is 1.44 bits per heavy atom. The lowest BCUT2D eigenvalue weighted by atomic mass is 9.97. The molecule has 0 aromatic rings. The van der Waals surface area contributed by atoms with Crippen LogP contribution >= 0.6 is 0 Å². The summed E-state index contributed by atoms with van der Waals surface area (Å²) in [5, 5.41) is 25.0. The molecular formula is C19H33N5O8. The molecule has 0 saturated heterocycles. The van der Waals surface area contributed by atoms with Crippen LogP contribution in [0.5, 0.6) is 0 Å². The van der Waals surface area contributed by atoms with E-state index in [-0.39, 0.29) is 31.6 Å². The molecule has 32 heavy (non-hydrogen) atoms. The fourth-order valence-corrected chi connectivity index (χ4v) is 2.58. The number of aliphatic carboxylic acids is 2. The number of amides is 4. The molecule has 0 aromatic heterocycles. The molecular weight excluding hydrogens is 426 g/mol. The quantitative estimate of drug-likeness (QED) is 0.144. The fourth-order valence-electron chi connectivity index (χ4n) is 2.58. The van der Waals surface area contributed by atoms with Gasteiger partial charge in [-0.15, -0.1) is 0 Å². The van der Waals surface area contributed by atoms with Gasteiger partial charge in [0, 0.05) is 12.8 Å². The van der Waals surface area contributed by atoms with Crippen LogP contribution in [0.4, 0.5) is 0 Å². The normalized spacial score (nSPS) is 15.4. The summed E-state index contributed by atoms with van der Waals surface area (Å²) >= 11 is 0. The zero-order valence-electron chi connectivity index (χ0n) is 18.4. The van der Waals surface area contributed by atoms with Gasteiger partial charge in [0.05, 0.1) is 6.04 Å². The van der Waals surface area contributed by atoms with E-state index in [0.29, 0.717) is 6.42 Å². The van der Waals surface area contributed by atoms with Crippen LogP contribution in [0, 0.1) is 5.92 Å². The number of carboxylic acid groups (broad SMARTS) is 2. The highest BCUT2D eigenvalue weighted by atomic mass is 16.4. The summed E-state index contributed by atoms with van der Waals surface area (Å²) in [6, 6.07) is -4.70. The number of hydrogen-bond donors (Lipinski definition) is 7. The van der Waals surface area contributed by atoms with Gasteiger partial charge < -0.3 is 37.6 Å². The molecule has 5 atom stereocenters. The summed E-state index contributed by atoms with van der Waals surface area (Å²) in [6.45, 7) is 4.81. The second kappa shape index (κ2) is 14.0. The zero-order valence-corrected chi connectivity index (χ0v) is 18.4. The Morgan fingerprint density at radius 3 is 1.91 bits per heavy atom. The predicted molar refractivity (Wildman–Crippen MR) is 112 cm³/mol. The highest BCUT2D eigenvalue weighted by Gasteiger charge is 2.31. The highest BCUT2D eigenvalue weighted by molar-refractivity contribution is 5.94. The lowest BCUT2D eigenvalue weighted by molar-refractivity contribution is -0.142. The molecule has 0 aliphatic heterocycles. The van der Waals surface area contributed by atoms with Crippen molar-refractivity contribution in [2.75, 3.05) is 0 Å². The summed E-state index contributed by atoms with van der Waals surface area (Å²) in [5.41, 5.74) is 10.7. The topological polar surface area (TPSA) is 231 Å². The van der Waals surface area contributed by atoms with Crippen molar-refractivity contribution < 1.29 is 39.0 Å². The third kappa shape index (κ3) is 10.7. The van der Waals surface area contributed by atoms with Gasteiger partial charge in [0.25, 0.3) is 0 Å². The average molecular weight is 460 g/mol. The Kier molecular flexibility index (Phi) is 12.6. The molecule has 0 aliphatic rings. The maximum absolute atomic E-state index is 12.7. The van der Waals surface area contributed by atoms with Crippen LogP contribution in [-0.4, -0.2) is 69.9 Å². The van der Waals surface area contributed by atoms with Crippen molar-refractivity contribution in [2.24, 2.45) is 17.4 Å². The molecule has 0 rings (SSSR count). The van der Waals surface area contributed by atoms with E-state index in [1.165, 1.54) is 6.92 Å². The first kappa shape index (κ1) is 28.8. The third-order valence-electron chi connectivity index (χ3n) is 4.85. The molecule has 182 valence electrons. The minimum atomic E-state index is -1.37. The van der Waals surface area contributed by atoms with Gasteiger partial charge in [0.1, 0.15) is 18.1 Å². The van der Waals surface area contributed by atoms with Crippen LogP contribution in [0.3, 0.4) is 0 Å². The number of hydrogen-bond acceptors (Lipinski definition) is 7. The van der Waals surface area contributed by atoms with Crippen LogP contribution in [0.15, 0.2) is 0 Å². The number of nitrogens with two attached hydrogens (primary N) is 2. The number of carbonyl (C=O) groups excluding carboxylic acids is 4. The monoisotopic (exact) mass is 459 g/mol. The largest absolute Gasteiger partial charge is 0.481 e. The summed E-state index contributed by atoms with van der Waals surface area (Å²) in [5.74, 6) is -5.74. The maximum atomic E-state index is 12.7. The Labute approximate surface area is 185 Å². The molecule has 4 amide bonds. The van der Waals surface area contributed by atoms with Gasteiger partial charge in [-0.25, -0.2) is 4.79 Å². The van der Waals surface area contributed by atoms with Crippen LogP contribution in [0.2, 0.25) is 0 Å². The van der Waals surface area contributed by atoms with Gasteiger partial charge in [0.2, 0.25) is 23.6 Å². The van der Waals surface area contributed by atoms with Gasteiger partial charge in [-0.3, -0.25) is 24.0 Å². The molecule has 0 fully saturated rings. The number of rotatable bonds is 15. The van der Waals surface area contributed by atoms with Crippen molar-refractivity contribution in [2.45, 2.75) is 77.0 Å². The van der Waals surface area contributed by atoms with Gasteiger partial charge >= 0.3 is 11.9 Å². The number of carboxylic acids is 2. The Morgan fingerprint density at radius 1 is 0.844 bits per heavy atom. The van der Waals surface area contributed by atoms with Crippen LogP contribution in [0.1, 0.15) is 52.9 Å². The first-order valence-corrected chi connectivity index (χ1v) is 10.2. The lowest BCUT2D eigenvalue weighted by Crippen LogP contribution is -2.58. The second-order valence-corrected chi connectivity index (χ2v) is 7.55. The van der Waals surface area contributed by atoms with Crippen LogP contribution in [0.25, 0.3) is 0 Å². The van der Waals surface area contributed by atoms with Crippen LogP contribution in [-0.2, 0) is 28.8 Å². The molecule has 0 radical (unpaired) electrons. The lowest BCUT2D eigenvalue weighted by Gasteiger charge is -2.26. The Balaban J connectivity index is 5.10. The molecule has 13 nitrogen and oxygen atoms in total. The maximum Gasteiger partial charge on any atom is 0.326 e. The Hall–Kier alpha value is -3.22. The van der Waals surface area contributed by atoms with E-state index in [0.717, 1.165) is 0 Å². The summed E-state index contributed by atoms with van der Waals surface area (Å²) in [4.78, 5) is 70.0. The predicted octanol–water partition coefficient (Wildman–Crippen LogP) is -1.95. The zero-order chi connectivity index (χ0) is 25.0. The third-order valence-corrected chi connectivity index (χ3v) is 4.85. The minimum absolute atomic E-state index is 0.114. The van der Waals surface area contributed by atoms with Gasteiger partial charge in [-0.2, -0.15) is 0 Å². The smallest absolute Gasteiger partial charge is 0.326 e. The van der Waals surface area contributed by atoms with Crippen molar-refractivity contribution in [1.82, 2.24) is 16.0 Å². The fraction of sp³-hybridized carbons (Fsp3) is 0.684. The average Bonchev–Trinajstić information content (AvgIpc) is 2.71. The molecule has 0 spiro atoms. The molecule has 13 heteroatoms. The van der Waals surface area contributed by atoms with E-state index >= 15 is 0 Å². The van der Waals surface area contributed by atoms with E-state index in [1.54, 1.807) is 13.8 Å². The highest BCUT2D eigenvalue weighted by Crippen LogP contribution is 2.09. The van der Waals surface area contributed by atoms with E-state index in [4.69, 9.17) is 16.6 Å². The molecule has 0 aromatic carbocycles. The first-order chi connectivity index (χ1) is 14.8. The van der Waals surface area contributed by atoms with Crippen molar-refractivity contribution in [3.05, 3.63) is 0 Å². The van der Waals surface area contributed by atoms with Crippen molar-refractivity contribution in [3.8, 4) is 0 Å². The summed E-state index contributed by atoms with van der Waals surface area (Å²) in [7, 11) is 0. The summed E-state index contributed by atoms with van der Waals surface area (Å²) < 4.78 is 0. The molecule has 0 heterocycles. The van der Waals surface area contributed by atoms with Gasteiger partial charge in [0.15, 0.2) is 0 Å². The van der Waals surface area contributed by atoms with E-state index in [1.807, 2.05) is 0 Å². The van der Waals surface area contributed by atoms with E-state index in [9.17, 15) is 33.9 Å². The first-order valence-electron chi connectivity index (χ1n) is 10.2. The Bertz CT molecular complexity index is 714. The molecule has 9 N–H and O–H groups in total. The number of nitrogens with one attached hydrogen (secondary N) is 3. The minimum Gasteiger partial charge on any atom is -0.481 e. The van der Waals surface area contributed by atoms with E-state index in [2.05, 4.69) is 16.0 Å². The van der Waals surface area contributed by atoms with Gasteiger partial charge in [-0.1, -0.05) is 20.3 Å². The molecule has 0 bridgehead atoms. The van der Waals surface area contributed by atoms with Crippen molar-refractivity contribution >= 4 is 35.6 Å². The molecule has 0 saturated carbocycles. The number of carbonyl (C=O) groups is 6. The second-order valence-electron chi connectivity index (χ2n) is 7.55. The number of primary amides is 1. The molecule has 5 unspecified atom stereocenters. The van der Waals surface area contributed by atoms with Crippen molar-refractivity contribution in [1.29, 1.82) is 0 Å². The van der Waals surface area contributed by atoms with Gasteiger partial charge in [-0.05, 0) is 25.7 Å². The summed E-state index contributed by atoms with van der Waals surface area (Å²) in [6.07, 6.45) is -0.389. The molecule has 0 aliphatic carbocycles. The van der Waals surface area contributed by atoms with Crippen molar-refractivity contribution in [3.63, 3.8) is 0 Å².